The van der Waals surface area contributed by atoms with Crippen molar-refractivity contribution >= 4 is 34.3 Å². The lowest BCUT2D eigenvalue weighted by Crippen LogP contribution is -2.27. The predicted octanol–water partition coefficient (Wildman–Crippen LogP) is 0.952. The van der Waals surface area contributed by atoms with Crippen LogP contribution in [-0.2, 0) is 11.8 Å². The first-order chi connectivity index (χ1) is 11.1. The zero-order valence-corrected chi connectivity index (χ0v) is 13.3. The molecule has 0 bridgehead atoms. The summed E-state index contributed by atoms with van der Waals surface area (Å²) in [6.45, 7) is 0. The molecule has 0 aliphatic heterocycles. The molecule has 7 nitrogen and oxygen atoms in total. The zero-order valence-electron chi connectivity index (χ0n) is 12.5. The number of rotatable bonds is 4. The Bertz CT molecular complexity index is 973. The Morgan fingerprint density at radius 2 is 2.13 bits per heavy atom. The maximum absolute atomic E-state index is 12.4. The molecule has 1 fully saturated rings. The molecule has 8 heteroatoms. The smallest absolute Gasteiger partial charge is 0.262 e. The van der Waals surface area contributed by atoms with E-state index in [2.05, 4.69) is 15.5 Å². The van der Waals surface area contributed by atoms with Crippen LogP contribution >= 0.6 is 11.8 Å². The second-order valence-electron chi connectivity index (χ2n) is 5.63. The van der Waals surface area contributed by atoms with E-state index >= 15 is 0 Å². The molecule has 1 aromatic carbocycles. The molecule has 3 aromatic rings. The molecule has 1 N–H and O–H groups in total. The first kappa shape index (κ1) is 14.3. The number of amides is 1. The molecule has 4 rings (SSSR count). The molecule has 118 valence electrons. The van der Waals surface area contributed by atoms with Gasteiger partial charge in [-0.25, -0.2) is 0 Å². The maximum Gasteiger partial charge on any atom is 0.262 e. The van der Waals surface area contributed by atoms with Crippen molar-refractivity contribution in [3.63, 3.8) is 0 Å². The minimum atomic E-state index is -0.108. The summed E-state index contributed by atoms with van der Waals surface area (Å²) in [5.74, 6) is 0.760. The van der Waals surface area contributed by atoms with Gasteiger partial charge in [0.05, 0.1) is 16.7 Å². The molecule has 1 saturated carbocycles. The van der Waals surface area contributed by atoms with E-state index in [9.17, 15) is 9.59 Å². The van der Waals surface area contributed by atoms with E-state index in [-0.39, 0.29) is 17.2 Å². The summed E-state index contributed by atoms with van der Waals surface area (Å²) >= 11 is 1.33. The number of carbonyl (C=O) groups excluding carboxylic acids is 1. The third-order valence-corrected chi connectivity index (χ3v) is 4.80. The van der Waals surface area contributed by atoms with Gasteiger partial charge in [0.25, 0.3) is 5.56 Å². The standard InChI is InChI=1S/C15H15N5O2S/c1-19-13(22)10-4-2-3-5-11(10)20-14(19)17-18-15(20)23-8-12(21)16-9-6-7-9/h2-5,9H,6-8H2,1H3,(H,16,21). The van der Waals surface area contributed by atoms with Crippen molar-refractivity contribution in [3.8, 4) is 0 Å². The SMILES string of the molecule is Cn1c(=O)c2ccccc2n2c(SCC(=O)NC3CC3)nnc12. The molecular weight excluding hydrogens is 314 g/mol. The molecule has 2 aromatic heterocycles. The molecule has 0 radical (unpaired) electrons. The van der Waals surface area contributed by atoms with E-state index < -0.39 is 0 Å². The van der Waals surface area contributed by atoms with Gasteiger partial charge in [-0.05, 0) is 25.0 Å². The van der Waals surface area contributed by atoms with Crippen LogP contribution in [0.4, 0.5) is 0 Å². The number of nitrogens with zero attached hydrogens (tertiary/aromatic N) is 4. The highest BCUT2D eigenvalue weighted by molar-refractivity contribution is 7.99. The van der Waals surface area contributed by atoms with E-state index in [1.165, 1.54) is 16.3 Å². The van der Waals surface area contributed by atoms with E-state index in [1.807, 2.05) is 22.6 Å². The van der Waals surface area contributed by atoms with Gasteiger partial charge < -0.3 is 5.32 Å². The highest BCUT2D eigenvalue weighted by atomic mass is 32.2. The van der Waals surface area contributed by atoms with Gasteiger partial charge >= 0.3 is 0 Å². The Morgan fingerprint density at radius 1 is 1.35 bits per heavy atom. The van der Waals surface area contributed by atoms with Gasteiger partial charge in [0.1, 0.15) is 0 Å². The van der Waals surface area contributed by atoms with Gasteiger partial charge in [0.15, 0.2) is 5.16 Å². The third-order valence-electron chi connectivity index (χ3n) is 3.87. The minimum Gasteiger partial charge on any atom is -0.353 e. The van der Waals surface area contributed by atoms with Crippen molar-refractivity contribution in [1.82, 2.24) is 24.5 Å². The topological polar surface area (TPSA) is 81.3 Å². The van der Waals surface area contributed by atoms with Crippen LogP contribution in [0.3, 0.4) is 0 Å². The first-order valence-corrected chi connectivity index (χ1v) is 8.39. The molecular formula is C15H15N5O2S. The Balaban J connectivity index is 1.75. The molecule has 0 atom stereocenters. The van der Waals surface area contributed by atoms with Crippen LogP contribution in [-0.4, -0.2) is 36.9 Å². The Labute approximate surface area is 135 Å². The van der Waals surface area contributed by atoms with E-state index in [0.717, 1.165) is 18.4 Å². The Kier molecular flexibility index (Phi) is 3.33. The van der Waals surface area contributed by atoms with Crippen LogP contribution in [0.25, 0.3) is 16.7 Å². The fourth-order valence-electron chi connectivity index (χ4n) is 2.53. The van der Waals surface area contributed by atoms with Crippen molar-refractivity contribution in [3.05, 3.63) is 34.6 Å². The quantitative estimate of drug-likeness (QED) is 0.721. The van der Waals surface area contributed by atoms with Crippen LogP contribution in [0.15, 0.2) is 34.2 Å². The summed E-state index contributed by atoms with van der Waals surface area (Å²) < 4.78 is 3.30. The summed E-state index contributed by atoms with van der Waals surface area (Å²) in [6, 6.07) is 7.69. The highest BCUT2D eigenvalue weighted by Crippen LogP contribution is 2.22. The lowest BCUT2D eigenvalue weighted by Gasteiger charge is -2.07. The normalized spacial score (nSPS) is 14.5. The molecule has 0 spiro atoms. The fourth-order valence-corrected chi connectivity index (χ4v) is 3.28. The molecule has 1 amide bonds. The van der Waals surface area contributed by atoms with Gasteiger partial charge in [-0.3, -0.25) is 18.6 Å². The van der Waals surface area contributed by atoms with Gasteiger partial charge in [-0.2, -0.15) is 0 Å². The zero-order chi connectivity index (χ0) is 16.0. The number of hydrogen-bond donors (Lipinski definition) is 1. The van der Waals surface area contributed by atoms with Crippen molar-refractivity contribution < 1.29 is 4.79 Å². The molecule has 1 aliphatic carbocycles. The second-order valence-corrected chi connectivity index (χ2v) is 6.57. The van der Waals surface area contributed by atoms with Gasteiger partial charge in [0.2, 0.25) is 11.7 Å². The van der Waals surface area contributed by atoms with E-state index in [1.54, 1.807) is 13.1 Å². The van der Waals surface area contributed by atoms with E-state index in [0.29, 0.717) is 22.4 Å². The number of hydrogen-bond acceptors (Lipinski definition) is 5. The molecule has 2 heterocycles. The van der Waals surface area contributed by atoms with Crippen molar-refractivity contribution in [2.45, 2.75) is 24.0 Å². The number of thioether (sulfide) groups is 1. The summed E-state index contributed by atoms with van der Waals surface area (Å²) in [5.41, 5.74) is 0.643. The number of nitrogens with one attached hydrogen (secondary N) is 1. The third kappa shape index (κ3) is 2.48. The summed E-state index contributed by atoms with van der Waals surface area (Å²) in [4.78, 5) is 24.2. The van der Waals surface area contributed by atoms with E-state index in [4.69, 9.17) is 0 Å². The Morgan fingerprint density at radius 3 is 2.91 bits per heavy atom. The predicted molar refractivity (Wildman–Crippen MR) is 87.6 cm³/mol. The Hall–Kier alpha value is -2.35. The summed E-state index contributed by atoms with van der Waals surface area (Å²) in [5, 5.41) is 12.4. The van der Waals surface area contributed by atoms with Crippen LogP contribution in [0.5, 0.6) is 0 Å². The fraction of sp³-hybridized carbons (Fsp3) is 0.333. The number of benzene rings is 1. The number of aryl methyl sites for hydroxylation is 1. The van der Waals surface area contributed by atoms with Crippen LogP contribution in [0.2, 0.25) is 0 Å². The lowest BCUT2D eigenvalue weighted by molar-refractivity contribution is -0.118. The largest absolute Gasteiger partial charge is 0.353 e. The maximum atomic E-state index is 12.4. The van der Waals surface area contributed by atoms with Crippen LogP contribution in [0, 0.1) is 0 Å². The van der Waals surface area contributed by atoms with Crippen LogP contribution < -0.4 is 10.9 Å². The summed E-state index contributed by atoms with van der Waals surface area (Å²) in [7, 11) is 1.67. The monoisotopic (exact) mass is 329 g/mol. The van der Waals surface area contributed by atoms with Gasteiger partial charge in [0, 0.05) is 13.1 Å². The molecule has 0 saturated heterocycles. The lowest BCUT2D eigenvalue weighted by atomic mass is 10.2. The second kappa shape index (κ2) is 5.38. The highest BCUT2D eigenvalue weighted by Gasteiger charge is 2.23. The van der Waals surface area contributed by atoms with Crippen molar-refractivity contribution in [2.24, 2.45) is 7.05 Å². The van der Waals surface area contributed by atoms with Crippen molar-refractivity contribution in [2.75, 3.05) is 5.75 Å². The number of para-hydroxylation sites is 1. The molecule has 0 unspecified atom stereocenters. The number of fused-ring (bicyclic) bond motifs is 3. The molecule has 1 aliphatic rings. The number of aromatic nitrogens is 4. The summed E-state index contributed by atoms with van der Waals surface area (Å²) in [6.07, 6.45) is 2.13. The average Bonchev–Trinajstić information content (AvgIpc) is 3.26. The molecule has 23 heavy (non-hydrogen) atoms. The van der Waals surface area contributed by atoms with Crippen molar-refractivity contribution in [1.29, 1.82) is 0 Å². The number of carbonyl (C=O) groups is 1. The minimum absolute atomic E-state index is 0.00313. The van der Waals surface area contributed by atoms with Gasteiger partial charge in [-0.1, -0.05) is 23.9 Å². The van der Waals surface area contributed by atoms with Crippen LogP contribution in [0.1, 0.15) is 12.8 Å². The first-order valence-electron chi connectivity index (χ1n) is 7.40. The average molecular weight is 329 g/mol. The van der Waals surface area contributed by atoms with Gasteiger partial charge in [-0.15, -0.1) is 10.2 Å².